The molecule has 178 valence electrons. The number of likely N-dealkylation sites (N-methyl/N-ethyl adjacent to an activating group) is 1. The van der Waals surface area contributed by atoms with Crippen LogP contribution < -0.4 is 0 Å². The average molecular weight is 463 g/mol. The molecular formula is C26H30N4O4. The molecule has 0 N–H and O–H groups in total. The zero-order chi connectivity index (χ0) is 24.1. The highest BCUT2D eigenvalue weighted by Gasteiger charge is 2.31. The van der Waals surface area contributed by atoms with Crippen molar-refractivity contribution in [3.05, 3.63) is 71.4 Å². The Bertz CT molecular complexity index is 1140. The largest absolute Gasteiger partial charge is 0.465 e. The molecule has 0 radical (unpaired) electrons. The Morgan fingerprint density at radius 1 is 0.882 bits per heavy atom. The molecule has 1 aliphatic heterocycles. The van der Waals surface area contributed by atoms with Crippen molar-refractivity contribution in [2.75, 3.05) is 47.4 Å². The number of aromatic nitrogens is 2. The Labute approximate surface area is 199 Å². The fourth-order valence-corrected chi connectivity index (χ4v) is 4.24. The van der Waals surface area contributed by atoms with Gasteiger partial charge in [0.05, 0.1) is 19.9 Å². The summed E-state index contributed by atoms with van der Waals surface area (Å²) in [5.74, 6) is -1.30. The molecule has 1 saturated heterocycles. The van der Waals surface area contributed by atoms with Crippen LogP contribution in [0.2, 0.25) is 0 Å². The molecule has 8 heteroatoms. The molecule has 0 unspecified atom stereocenters. The maximum absolute atomic E-state index is 12.8. The van der Waals surface area contributed by atoms with Crippen molar-refractivity contribution in [3.63, 3.8) is 0 Å². The summed E-state index contributed by atoms with van der Waals surface area (Å²) < 4.78 is 11.4. The van der Waals surface area contributed by atoms with Crippen LogP contribution in [0.1, 0.15) is 32.8 Å². The van der Waals surface area contributed by atoms with E-state index < -0.39 is 11.9 Å². The molecule has 2 aromatic carbocycles. The Kier molecular flexibility index (Phi) is 7.40. The van der Waals surface area contributed by atoms with E-state index in [1.54, 1.807) is 0 Å². The van der Waals surface area contributed by atoms with Crippen LogP contribution in [-0.2, 0) is 16.0 Å². The Morgan fingerprint density at radius 3 is 2.26 bits per heavy atom. The van der Waals surface area contributed by atoms with E-state index in [0.717, 1.165) is 44.7 Å². The normalized spacial score (nSPS) is 15.0. The standard InChI is InChI=1S/C26H30N4O4/c1-28-14-7-15-29(17-16-28)18-19-10-12-20(13-11-19)23-22(25(31)33-2)24(26(32)34-3)30(27-23)21-8-5-4-6-9-21/h4-6,8-13H,7,14-18H2,1-3H3. The van der Waals surface area contributed by atoms with E-state index >= 15 is 0 Å². The average Bonchev–Trinajstić information content (AvgIpc) is 3.16. The molecule has 0 bridgehead atoms. The monoisotopic (exact) mass is 462 g/mol. The zero-order valence-electron chi connectivity index (χ0n) is 19.9. The van der Waals surface area contributed by atoms with Crippen LogP contribution in [0.5, 0.6) is 0 Å². The Morgan fingerprint density at radius 2 is 1.59 bits per heavy atom. The van der Waals surface area contributed by atoms with Gasteiger partial charge in [-0.05, 0) is 44.3 Å². The van der Waals surface area contributed by atoms with Gasteiger partial charge in [0.25, 0.3) is 0 Å². The highest BCUT2D eigenvalue weighted by molar-refractivity contribution is 6.06. The second kappa shape index (κ2) is 10.6. The van der Waals surface area contributed by atoms with Gasteiger partial charge in [-0.25, -0.2) is 14.3 Å². The maximum atomic E-state index is 12.8. The SMILES string of the molecule is COC(=O)c1c(-c2ccc(CN3CCCN(C)CC3)cc2)nn(-c2ccccc2)c1C(=O)OC. The predicted octanol–water partition coefficient (Wildman–Crippen LogP) is 3.25. The summed E-state index contributed by atoms with van der Waals surface area (Å²) >= 11 is 0. The summed E-state index contributed by atoms with van der Waals surface area (Å²) in [4.78, 5) is 30.3. The van der Waals surface area contributed by atoms with Gasteiger partial charge in [-0.1, -0.05) is 42.5 Å². The number of para-hydroxylation sites is 1. The molecule has 0 spiro atoms. The number of esters is 2. The summed E-state index contributed by atoms with van der Waals surface area (Å²) in [5.41, 5.74) is 3.04. The van der Waals surface area contributed by atoms with Crippen LogP contribution >= 0.6 is 0 Å². The summed E-state index contributed by atoms with van der Waals surface area (Å²) in [6.45, 7) is 5.16. The predicted molar refractivity (Wildman–Crippen MR) is 129 cm³/mol. The molecule has 34 heavy (non-hydrogen) atoms. The van der Waals surface area contributed by atoms with Crippen molar-refractivity contribution in [2.45, 2.75) is 13.0 Å². The van der Waals surface area contributed by atoms with E-state index in [1.165, 1.54) is 24.5 Å². The van der Waals surface area contributed by atoms with Gasteiger partial charge < -0.3 is 14.4 Å². The third-order valence-electron chi connectivity index (χ3n) is 6.10. The summed E-state index contributed by atoms with van der Waals surface area (Å²) in [5, 5.41) is 4.65. The van der Waals surface area contributed by atoms with Crippen molar-refractivity contribution in [2.24, 2.45) is 0 Å². The molecule has 8 nitrogen and oxygen atoms in total. The fraction of sp³-hybridized carbons (Fsp3) is 0.346. The second-order valence-electron chi connectivity index (χ2n) is 8.43. The van der Waals surface area contributed by atoms with Gasteiger partial charge in [-0.2, -0.15) is 5.10 Å². The lowest BCUT2D eigenvalue weighted by molar-refractivity contribution is 0.0549. The number of hydrogen-bond donors (Lipinski definition) is 0. The second-order valence-corrected chi connectivity index (χ2v) is 8.43. The summed E-state index contributed by atoms with van der Waals surface area (Å²) in [6.07, 6.45) is 1.16. The minimum absolute atomic E-state index is 0.0355. The maximum Gasteiger partial charge on any atom is 0.357 e. The topological polar surface area (TPSA) is 76.9 Å². The fourth-order valence-electron chi connectivity index (χ4n) is 4.24. The molecule has 2 heterocycles. The van der Waals surface area contributed by atoms with E-state index in [1.807, 2.05) is 54.6 Å². The highest BCUT2D eigenvalue weighted by Crippen LogP contribution is 2.29. The third kappa shape index (κ3) is 5.03. The molecule has 0 saturated carbocycles. The molecule has 3 aromatic rings. The number of rotatable bonds is 6. The quantitative estimate of drug-likeness (QED) is 0.521. The van der Waals surface area contributed by atoms with Gasteiger partial charge in [0, 0.05) is 25.2 Å². The van der Waals surface area contributed by atoms with E-state index in [0.29, 0.717) is 11.4 Å². The molecule has 0 amide bonds. The van der Waals surface area contributed by atoms with Crippen molar-refractivity contribution >= 4 is 11.9 Å². The molecule has 1 aliphatic rings. The number of benzene rings is 2. The van der Waals surface area contributed by atoms with Crippen LogP contribution in [0.25, 0.3) is 16.9 Å². The summed E-state index contributed by atoms with van der Waals surface area (Å²) in [6, 6.07) is 17.1. The van der Waals surface area contributed by atoms with Crippen LogP contribution in [0.3, 0.4) is 0 Å². The molecule has 0 aliphatic carbocycles. The lowest BCUT2D eigenvalue weighted by Crippen LogP contribution is -2.28. The van der Waals surface area contributed by atoms with E-state index in [9.17, 15) is 9.59 Å². The lowest BCUT2D eigenvalue weighted by Gasteiger charge is -2.20. The van der Waals surface area contributed by atoms with E-state index in [2.05, 4.69) is 21.9 Å². The molecule has 1 aromatic heterocycles. The zero-order valence-corrected chi connectivity index (χ0v) is 19.9. The Balaban J connectivity index is 1.71. The van der Waals surface area contributed by atoms with Gasteiger partial charge in [0.1, 0.15) is 11.3 Å². The number of carbonyl (C=O) groups is 2. The van der Waals surface area contributed by atoms with E-state index in [-0.39, 0.29) is 11.3 Å². The summed E-state index contributed by atoms with van der Waals surface area (Å²) in [7, 11) is 4.73. The number of ether oxygens (including phenoxy) is 2. The van der Waals surface area contributed by atoms with Crippen LogP contribution in [0, 0.1) is 0 Å². The van der Waals surface area contributed by atoms with Crippen molar-refractivity contribution < 1.29 is 19.1 Å². The molecule has 4 rings (SSSR count). The van der Waals surface area contributed by atoms with Crippen LogP contribution in [0.4, 0.5) is 0 Å². The first-order chi connectivity index (χ1) is 16.5. The lowest BCUT2D eigenvalue weighted by atomic mass is 10.0. The van der Waals surface area contributed by atoms with Crippen LogP contribution in [-0.4, -0.2) is 79.0 Å². The number of carbonyl (C=O) groups excluding carboxylic acids is 2. The highest BCUT2D eigenvalue weighted by atomic mass is 16.5. The number of hydrogen-bond acceptors (Lipinski definition) is 7. The molecule has 1 fully saturated rings. The van der Waals surface area contributed by atoms with Gasteiger partial charge in [-0.15, -0.1) is 0 Å². The molecular weight excluding hydrogens is 432 g/mol. The Hall–Kier alpha value is -3.49. The van der Waals surface area contributed by atoms with Crippen LogP contribution in [0.15, 0.2) is 54.6 Å². The van der Waals surface area contributed by atoms with Crippen molar-refractivity contribution in [3.8, 4) is 16.9 Å². The van der Waals surface area contributed by atoms with Gasteiger partial charge in [0.2, 0.25) is 0 Å². The number of nitrogens with zero attached hydrogens (tertiary/aromatic N) is 4. The molecule has 0 atom stereocenters. The first-order valence-corrected chi connectivity index (χ1v) is 11.4. The van der Waals surface area contributed by atoms with Gasteiger partial charge in [0.15, 0.2) is 5.69 Å². The van der Waals surface area contributed by atoms with Crippen molar-refractivity contribution in [1.82, 2.24) is 19.6 Å². The minimum Gasteiger partial charge on any atom is -0.465 e. The van der Waals surface area contributed by atoms with Gasteiger partial charge >= 0.3 is 11.9 Å². The first-order valence-electron chi connectivity index (χ1n) is 11.4. The minimum atomic E-state index is -0.661. The first kappa shape index (κ1) is 23.7. The van der Waals surface area contributed by atoms with E-state index in [4.69, 9.17) is 9.47 Å². The third-order valence-corrected chi connectivity index (χ3v) is 6.10. The van der Waals surface area contributed by atoms with Gasteiger partial charge in [-0.3, -0.25) is 4.90 Å². The number of methoxy groups -OCH3 is 2. The smallest absolute Gasteiger partial charge is 0.357 e. The van der Waals surface area contributed by atoms with Crippen molar-refractivity contribution in [1.29, 1.82) is 0 Å².